The molecule has 0 fully saturated rings. The zero-order valence-corrected chi connectivity index (χ0v) is 12.9. The van der Waals surface area contributed by atoms with Crippen molar-refractivity contribution < 1.29 is 8.42 Å². The molecule has 0 saturated heterocycles. The molecule has 106 valence electrons. The number of rotatable bonds is 3. The van der Waals surface area contributed by atoms with Crippen molar-refractivity contribution in [2.45, 2.75) is 11.8 Å². The zero-order valence-electron chi connectivity index (χ0n) is 10.5. The van der Waals surface area contributed by atoms with E-state index < -0.39 is 10.0 Å². The maximum absolute atomic E-state index is 12.2. The Bertz CT molecular complexity index is 761. The number of nitrogens with two attached hydrogens (primary N) is 1. The van der Waals surface area contributed by atoms with Gasteiger partial charge in [-0.05, 0) is 42.8 Å². The van der Waals surface area contributed by atoms with Crippen LogP contribution in [-0.2, 0) is 10.0 Å². The van der Waals surface area contributed by atoms with Gasteiger partial charge in [-0.15, -0.1) is 0 Å². The fraction of sp³-hybridized carbons (Fsp3) is 0.0769. The summed E-state index contributed by atoms with van der Waals surface area (Å²) in [7, 11) is -3.73. The van der Waals surface area contributed by atoms with Crippen molar-refractivity contribution in [1.82, 2.24) is 0 Å². The molecule has 2 rings (SSSR count). The van der Waals surface area contributed by atoms with Crippen LogP contribution in [0.5, 0.6) is 0 Å². The Balaban J connectivity index is 2.35. The van der Waals surface area contributed by atoms with Crippen molar-refractivity contribution in [3.63, 3.8) is 0 Å². The van der Waals surface area contributed by atoms with E-state index in [1.54, 1.807) is 18.2 Å². The number of nitrogen functional groups attached to an aromatic ring is 1. The van der Waals surface area contributed by atoms with Crippen LogP contribution >= 0.6 is 23.2 Å². The van der Waals surface area contributed by atoms with Gasteiger partial charge in [0, 0.05) is 5.69 Å². The molecule has 3 N–H and O–H groups in total. The van der Waals surface area contributed by atoms with Crippen molar-refractivity contribution in [3.8, 4) is 0 Å². The fourth-order valence-corrected chi connectivity index (χ4v) is 3.00. The van der Waals surface area contributed by atoms with E-state index in [2.05, 4.69) is 4.72 Å². The van der Waals surface area contributed by atoms with E-state index in [-0.39, 0.29) is 9.92 Å². The molecular weight excluding hydrogens is 319 g/mol. The first-order valence-corrected chi connectivity index (χ1v) is 7.87. The summed E-state index contributed by atoms with van der Waals surface area (Å²) in [6.45, 7) is 1.84. The molecule has 0 aliphatic rings. The average molecular weight is 331 g/mol. The fourth-order valence-electron chi connectivity index (χ4n) is 1.56. The number of benzene rings is 2. The molecule has 0 spiro atoms. The van der Waals surface area contributed by atoms with Gasteiger partial charge >= 0.3 is 0 Å². The molecule has 2 aromatic rings. The van der Waals surface area contributed by atoms with Crippen LogP contribution in [0, 0.1) is 6.92 Å². The van der Waals surface area contributed by atoms with Crippen LogP contribution in [0.15, 0.2) is 41.3 Å². The highest BCUT2D eigenvalue weighted by Gasteiger charge is 2.15. The van der Waals surface area contributed by atoms with Gasteiger partial charge in [-0.25, -0.2) is 8.42 Å². The lowest BCUT2D eigenvalue weighted by molar-refractivity contribution is 0.601. The van der Waals surface area contributed by atoms with Crippen LogP contribution in [0.25, 0.3) is 0 Å². The van der Waals surface area contributed by atoms with Gasteiger partial charge in [0.15, 0.2) is 0 Å². The molecule has 0 aliphatic carbocycles. The highest BCUT2D eigenvalue weighted by Crippen LogP contribution is 2.26. The largest absolute Gasteiger partial charge is 0.398 e. The van der Waals surface area contributed by atoms with E-state index in [4.69, 9.17) is 28.9 Å². The van der Waals surface area contributed by atoms with Gasteiger partial charge < -0.3 is 5.73 Å². The summed E-state index contributed by atoms with van der Waals surface area (Å²) < 4.78 is 26.9. The topological polar surface area (TPSA) is 72.2 Å². The minimum atomic E-state index is -3.73. The highest BCUT2D eigenvalue weighted by molar-refractivity contribution is 7.92. The highest BCUT2D eigenvalue weighted by atomic mass is 35.5. The van der Waals surface area contributed by atoms with E-state index in [0.29, 0.717) is 16.4 Å². The van der Waals surface area contributed by atoms with Gasteiger partial charge in [0.2, 0.25) is 0 Å². The standard InChI is InChI=1S/C13H12Cl2N2O2S/c1-8-2-3-9(6-13(8)16)17-20(18,19)10-4-5-11(14)12(15)7-10/h2-7,17H,16H2,1H3. The van der Waals surface area contributed by atoms with Gasteiger partial charge in [-0.3, -0.25) is 4.72 Å². The number of aryl methyl sites for hydroxylation is 1. The first-order valence-electron chi connectivity index (χ1n) is 5.63. The predicted molar refractivity (Wildman–Crippen MR) is 82.9 cm³/mol. The van der Waals surface area contributed by atoms with E-state index in [9.17, 15) is 8.42 Å². The summed E-state index contributed by atoms with van der Waals surface area (Å²) >= 11 is 11.6. The maximum atomic E-state index is 12.2. The molecule has 0 atom stereocenters. The molecule has 20 heavy (non-hydrogen) atoms. The lowest BCUT2D eigenvalue weighted by atomic mass is 10.2. The molecule has 0 amide bonds. The normalized spacial score (nSPS) is 11.3. The molecule has 0 aromatic heterocycles. The smallest absolute Gasteiger partial charge is 0.261 e. The summed E-state index contributed by atoms with van der Waals surface area (Å²) in [5.74, 6) is 0. The molecular formula is C13H12Cl2N2O2S. The van der Waals surface area contributed by atoms with Crippen molar-refractivity contribution in [1.29, 1.82) is 0 Å². The number of hydrogen-bond donors (Lipinski definition) is 2. The molecule has 7 heteroatoms. The van der Waals surface area contributed by atoms with Crippen LogP contribution < -0.4 is 10.5 Å². The van der Waals surface area contributed by atoms with Crippen molar-refractivity contribution in [3.05, 3.63) is 52.0 Å². The van der Waals surface area contributed by atoms with Crippen molar-refractivity contribution >= 4 is 44.6 Å². The Morgan fingerprint density at radius 1 is 1.05 bits per heavy atom. The summed E-state index contributed by atoms with van der Waals surface area (Å²) in [5, 5.41) is 0.475. The zero-order chi connectivity index (χ0) is 14.9. The Morgan fingerprint density at radius 2 is 1.75 bits per heavy atom. The third-order valence-corrected chi connectivity index (χ3v) is 4.85. The van der Waals surface area contributed by atoms with E-state index in [1.807, 2.05) is 6.92 Å². The minimum absolute atomic E-state index is 0.0334. The third-order valence-electron chi connectivity index (χ3n) is 2.73. The summed E-state index contributed by atoms with van der Waals surface area (Å²) in [4.78, 5) is 0.0334. The van der Waals surface area contributed by atoms with Crippen LogP contribution in [0.3, 0.4) is 0 Å². The quantitative estimate of drug-likeness (QED) is 0.843. The van der Waals surface area contributed by atoms with E-state index >= 15 is 0 Å². The third kappa shape index (κ3) is 3.17. The van der Waals surface area contributed by atoms with Gasteiger partial charge in [-0.2, -0.15) is 0 Å². The van der Waals surface area contributed by atoms with Crippen LogP contribution in [0.1, 0.15) is 5.56 Å². The molecule has 0 saturated carbocycles. The summed E-state index contributed by atoms with van der Waals surface area (Å²) in [6.07, 6.45) is 0. The van der Waals surface area contributed by atoms with Crippen LogP contribution in [0.4, 0.5) is 11.4 Å². The first kappa shape index (κ1) is 15.0. The van der Waals surface area contributed by atoms with Crippen molar-refractivity contribution in [2.24, 2.45) is 0 Å². The average Bonchev–Trinajstić information content (AvgIpc) is 2.37. The monoisotopic (exact) mass is 330 g/mol. The Hall–Kier alpha value is -1.43. The number of halogens is 2. The van der Waals surface area contributed by atoms with Crippen LogP contribution in [-0.4, -0.2) is 8.42 Å². The molecule has 0 radical (unpaired) electrons. The molecule has 0 unspecified atom stereocenters. The summed E-state index contributed by atoms with van der Waals surface area (Å²) in [6, 6.07) is 9.05. The maximum Gasteiger partial charge on any atom is 0.261 e. The number of sulfonamides is 1. The Labute approximate surface area is 127 Å². The molecule has 0 aliphatic heterocycles. The lowest BCUT2D eigenvalue weighted by Crippen LogP contribution is -2.13. The Morgan fingerprint density at radius 3 is 2.35 bits per heavy atom. The summed E-state index contributed by atoms with van der Waals surface area (Å²) in [5.41, 5.74) is 7.53. The minimum Gasteiger partial charge on any atom is -0.398 e. The predicted octanol–water partition coefficient (Wildman–Crippen LogP) is 3.68. The number of hydrogen-bond acceptors (Lipinski definition) is 3. The van der Waals surface area contributed by atoms with Gasteiger partial charge in [0.1, 0.15) is 0 Å². The van der Waals surface area contributed by atoms with E-state index in [0.717, 1.165) is 5.56 Å². The van der Waals surface area contributed by atoms with Gasteiger partial charge in [0.25, 0.3) is 10.0 Å². The molecule has 0 bridgehead atoms. The molecule has 4 nitrogen and oxygen atoms in total. The molecule has 2 aromatic carbocycles. The second kappa shape index (κ2) is 5.52. The van der Waals surface area contributed by atoms with Crippen LogP contribution in [0.2, 0.25) is 10.0 Å². The number of anilines is 2. The van der Waals surface area contributed by atoms with Gasteiger partial charge in [-0.1, -0.05) is 29.3 Å². The van der Waals surface area contributed by atoms with E-state index in [1.165, 1.54) is 18.2 Å². The Kier molecular flexibility index (Phi) is 4.13. The second-order valence-electron chi connectivity index (χ2n) is 4.25. The first-order chi connectivity index (χ1) is 9.29. The SMILES string of the molecule is Cc1ccc(NS(=O)(=O)c2ccc(Cl)c(Cl)c2)cc1N. The van der Waals surface area contributed by atoms with Crippen molar-refractivity contribution in [2.75, 3.05) is 10.5 Å². The second-order valence-corrected chi connectivity index (χ2v) is 6.75. The lowest BCUT2D eigenvalue weighted by Gasteiger charge is -2.10. The molecule has 0 heterocycles. The van der Waals surface area contributed by atoms with Gasteiger partial charge in [0.05, 0.1) is 20.6 Å². The number of nitrogens with one attached hydrogen (secondary N) is 1.